The molecular weight excluding hydrogens is 374 g/mol. The molecule has 0 aromatic heterocycles. The third-order valence-electron chi connectivity index (χ3n) is 3.97. The van der Waals surface area contributed by atoms with Crippen LogP contribution >= 0.6 is 0 Å². The molecule has 0 aliphatic carbocycles. The van der Waals surface area contributed by atoms with Gasteiger partial charge < -0.3 is 19.5 Å². The summed E-state index contributed by atoms with van der Waals surface area (Å²) in [5.74, 6) is 0.334. The fourth-order valence-electron chi connectivity index (χ4n) is 2.68. The van der Waals surface area contributed by atoms with E-state index in [1.165, 1.54) is 0 Å². The van der Waals surface area contributed by atoms with Gasteiger partial charge in [0.2, 0.25) is 0 Å². The summed E-state index contributed by atoms with van der Waals surface area (Å²) in [4.78, 5) is 23.3. The van der Waals surface area contributed by atoms with Gasteiger partial charge in [0.15, 0.2) is 16.4 Å². The molecule has 1 heterocycles. The highest BCUT2D eigenvalue weighted by Crippen LogP contribution is 2.21. The highest BCUT2D eigenvalue weighted by Gasteiger charge is 2.29. The Morgan fingerprint density at radius 1 is 1.15 bits per heavy atom. The number of hydrogen-bond acceptors (Lipinski definition) is 7. The van der Waals surface area contributed by atoms with Gasteiger partial charge in [-0.1, -0.05) is 0 Å². The van der Waals surface area contributed by atoms with E-state index in [-0.39, 0.29) is 43.6 Å². The van der Waals surface area contributed by atoms with Gasteiger partial charge in [0.1, 0.15) is 18.1 Å². The van der Waals surface area contributed by atoms with Crippen molar-refractivity contribution >= 4 is 21.7 Å². The first kappa shape index (κ1) is 21.0. The van der Waals surface area contributed by atoms with Crippen LogP contribution in [0.3, 0.4) is 0 Å². The summed E-state index contributed by atoms with van der Waals surface area (Å²) in [6.07, 6.45) is 0.486. The topological polar surface area (TPSA) is 108 Å². The van der Waals surface area contributed by atoms with Crippen molar-refractivity contribution in [1.82, 2.24) is 5.32 Å². The van der Waals surface area contributed by atoms with Crippen LogP contribution in [-0.2, 0) is 24.2 Å². The Morgan fingerprint density at radius 3 is 2.41 bits per heavy atom. The van der Waals surface area contributed by atoms with Crippen molar-refractivity contribution < 1.29 is 32.2 Å². The summed E-state index contributed by atoms with van der Waals surface area (Å²) < 4.78 is 38.4. The zero-order valence-electron chi connectivity index (χ0n) is 15.3. The lowest BCUT2D eigenvalue weighted by Crippen LogP contribution is -2.32. The Labute approximate surface area is 159 Å². The van der Waals surface area contributed by atoms with E-state index < -0.39 is 21.7 Å². The van der Waals surface area contributed by atoms with Crippen molar-refractivity contribution in [2.45, 2.75) is 19.8 Å². The lowest BCUT2D eigenvalue weighted by Gasteiger charge is -2.10. The summed E-state index contributed by atoms with van der Waals surface area (Å²) in [5.41, 5.74) is 0. The predicted octanol–water partition coefficient (Wildman–Crippen LogP) is 0.948. The molecule has 1 N–H and O–H groups in total. The van der Waals surface area contributed by atoms with Gasteiger partial charge in [-0.2, -0.15) is 0 Å². The number of ether oxygens (including phenoxy) is 3. The fraction of sp³-hybridized carbons (Fsp3) is 0.556. The van der Waals surface area contributed by atoms with E-state index in [4.69, 9.17) is 14.2 Å². The third-order valence-corrected chi connectivity index (χ3v) is 5.81. The number of benzene rings is 1. The van der Waals surface area contributed by atoms with E-state index in [9.17, 15) is 18.0 Å². The Bertz CT molecular complexity index is 731. The first-order valence-corrected chi connectivity index (χ1v) is 10.7. The van der Waals surface area contributed by atoms with E-state index in [1.807, 2.05) is 6.92 Å². The van der Waals surface area contributed by atoms with Crippen molar-refractivity contribution in [2.75, 3.05) is 37.9 Å². The molecule has 150 valence electrons. The van der Waals surface area contributed by atoms with Crippen LogP contribution in [0.4, 0.5) is 0 Å². The number of carbonyl (C=O) groups is 2. The molecule has 1 atom stereocenters. The van der Waals surface area contributed by atoms with Crippen LogP contribution in [0.5, 0.6) is 11.5 Å². The molecule has 0 radical (unpaired) electrons. The van der Waals surface area contributed by atoms with Gasteiger partial charge in [-0.25, -0.2) is 8.42 Å². The van der Waals surface area contributed by atoms with E-state index in [0.717, 1.165) is 5.75 Å². The minimum absolute atomic E-state index is 0.0111. The zero-order valence-corrected chi connectivity index (χ0v) is 16.1. The Hall–Kier alpha value is -2.29. The smallest absolute Gasteiger partial charge is 0.306 e. The van der Waals surface area contributed by atoms with Crippen LogP contribution in [0.25, 0.3) is 0 Å². The minimum atomic E-state index is -3.02. The number of sulfone groups is 1. The normalized spacial score (nSPS) is 17.9. The summed E-state index contributed by atoms with van der Waals surface area (Å²) >= 11 is 0. The maximum absolute atomic E-state index is 11.7. The van der Waals surface area contributed by atoms with E-state index >= 15 is 0 Å². The Morgan fingerprint density at radius 2 is 1.81 bits per heavy atom. The quantitative estimate of drug-likeness (QED) is 0.461. The highest BCUT2D eigenvalue weighted by atomic mass is 32.2. The largest absolute Gasteiger partial charge is 0.494 e. The molecule has 0 spiro atoms. The van der Waals surface area contributed by atoms with Crippen LogP contribution < -0.4 is 14.8 Å². The van der Waals surface area contributed by atoms with Crippen molar-refractivity contribution in [2.24, 2.45) is 5.92 Å². The number of amides is 1. The highest BCUT2D eigenvalue weighted by molar-refractivity contribution is 7.91. The molecule has 1 aliphatic rings. The van der Waals surface area contributed by atoms with Crippen molar-refractivity contribution in [1.29, 1.82) is 0 Å². The number of esters is 1. The van der Waals surface area contributed by atoms with Gasteiger partial charge in [0.25, 0.3) is 5.91 Å². The van der Waals surface area contributed by atoms with Crippen molar-refractivity contribution in [3.8, 4) is 11.5 Å². The van der Waals surface area contributed by atoms with Gasteiger partial charge in [0, 0.05) is 6.42 Å². The summed E-state index contributed by atoms with van der Waals surface area (Å²) in [6.45, 7) is 2.65. The summed E-state index contributed by atoms with van der Waals surface area (Å²) in [5, 5.41) is 2.58. The average Bonchev–Trinajstić information content (AvgIpc) is 2.97. The second-order valence-corrected chi connectivity index (χ2v) is 8.47. The first-order valence-electron chi connectivity index (χ1n) is 8.86. The van der Waals surface area contributed by atoms with Crippen LogP contribution in [0.1, 0.15) is 19.8 Å². The molecule has 1 aliphatic heterocycles. The van der Waals surface area contributed by atoms with Crippen LogP contribution in [-0.4, -0.2) is 58.2 Å². The monoisotopic (exact) mass is 399 g/mol. The predicted molar refractivity (Wildman–Crippen MR) is 98.5 cm³/mol. The molecule has 1 aromatic carbocycles. The minimum Gasteiger partial charge on any atom is -0.494 e. The summed E-state index contributed by atoms with van der Waals surface area (Å²) in [6, 6.07) is 7.15. The molecule has 1 aromatic rings. The first-order chi connectivity index (χ1) is 12.9. The molecule has 8 nitrogen and oxygen atoms in total. The number of rotatable bonds is 10. The Balaban J connectivity index is 1.56. The molecule has 2 rings (SSSR count). The second-order valence-electron chi connectivity index (χ2n) is 6.24. The van der Waals surface area contributed by atoms with Crippen molar-refractivity contribution in [3.05, 3.63) is 24.3 Å². The third kappa shape index (κ3) is 7.86. The molecule has 27 heavy (non-hydrogen) atoms. The standard InChI is InChI=1S/C18H25NO7S/c1-2-24-15-3-5-16(6-4-15)25-9-8-19-17(20)12-26-18(21)11-14-7-10-27(22,23)13-14/h3-6,14H,2,7-13H2,1H3,(H,19,20)/t14-/m0/s1. The lowest BCUT2D eigenvalue weighted by molar-refractivity contribution is -0.149. The number of nitrogens with one attached hydrogen (secondary N) is 1. The molecule has 1 fully saturated rings. The summed E-state index contributed by atoms with van der Waals surface area (Å²) in [7, 11) is -3.02. The molecular formula is C18H25NO7S. The molecule has 1 saturated heterocycles. The van der Waals surface area contributed by atoms with Gasteiger partial charge in [-0.15, -0.1) is 0 Å². The molecule has 0 unspecified atom stereocenters. The van der Waals surface area contributed by atoms with Gasteiger partial charge >= 0.3 is 5.97 Å². The Kier molecular flexibility index (Phi) is 7.90. The van der Waals surface area contributed by atoms with Gasteiger partial charge in [-0.05, 0) is 43.5 Å². The van der Waals surface area contributed by atoms with Crippen LogP contribution in [0, 0.1) is 5.92 Å². The van der Waals surface area contributed by atoms with E-state index in [1.54, 1.807) is 24.3 Å². The van der Waals surface area contributed by atoms with E-state index in [2.05, 4.69) is 5.32 Å². The maximum Gasteiger partial charge on any atom is 0.306 e. The molecule has 9 heteroatoms. The van der Waals surface area contributed by atoms with Crippen molar-refractivity contribution in [3.63, 3.8) is 0 Å². The van der Waals surface area contributed by atoms with Crippen LogP contribution in [0.2, 0.25) is 0 Å². The maximum atomic E-state index is 11.7. The number of carbonyl (C=O) groups excluding carboxylic acids is 2. The lowest BCUT2D eigenvalue weighted by atomic mass is 10.1. The zero-order chi connectivity index (χ0) is 19.7. The average molecular weight is 399 g/mol. The van der Waals surface area contributed by atoms with Crippen LogP contribution in [0.15, 0.2) is 24.3 Å². The fourth-order valence-corrected chi connectivity index (χ4v) is 4.54. The van der Waals surface area contributed by atoms with Gasteiger partial charge in [0.05, 0.1) is 24.7 Å². The molecule has 1 amide bonds. The van der Waals surface area contributed by atoms with Gasteiger partial charge in [-0.3, -0.25) is 9.59 Å². The second kappa shape index (κ2) is 10.1. The molecule has 0 bridgehead atoms. The molecule has 0 saturated carbocycles. The number of hydrogen-bond donors (Lipinski definition) is 1. The SMILES string of the molecule is CCOc1ccc(OCCNC(=O)COC(=O)C[C@@H]2CCS(=O)(=O)C2)cc1. The van der Waals surface area contributed by atoms with E-state index in [0.29, 0.717) is 18.8 Å².